The summed E-state index contributed by atoms with van der Waals surface area (Å²) in [5.74, 6) is -0.449. The van der Waals surface area contributed by atoms with E-state index in [0.29, 0.717) is 33.8 Å². The molecule has 0 aliphatic carbocycles. The summed E-state index contributed by atoms with van der Waals surface area (Å²) in [5.41, 5.74) is 8.85. The SMILES string of the molecule is Cc1ncccc1C(=O)Nc1cc(C(=O)c2ccccc2)ccc1N. The number of anilines is 2. The molecule has 2 aromatic carbocycles. The Morgan fingerprint density at radius 3 is 2.44 bits per heavy atom. The highest BCUT2D eigenvalue weighted by atomic mass is 16.1. The fraction of sp³-hybridized carbons (Fsp3) is 0.0500. The van der Waals surface area contributed by atoms with E-state index in [2.05, 4.69) is 10.3 Å². The van der Waals surface area contributed by atoms with Crippen LogP contribution in [0.25, 0.3) is 0 Å². The Balaban J connectivity index is 1.89. The molecular weight excluding hydrogens is 314 g/mol. The van der Waals surface area contributed by atoms with Crippen LogP contribution in [0.2, 0.25) is 0 Å². The summed E-state index contributed by atoms with van der Waals surface area (Å²) in [4.78, 5) is 29.1. The quantitative estimate of drug-likeness (QED) is 0.566. The number of benzene rings is 2. The summed E-state index contributed by atoms with van der Waals surface area (Å²) in [6, 6.07) is 17.2. The molecule has 1 amide bonds. The number of rotatable bonds is 4. The summed E-state index contributed by atoms with van der Waals surface area (Å²) >= 11 is 0. The van der Waals surface area contributed by atoms with E-state index < -0.39 is 0 Å². The standard InChI is InChI=1S/C20H17N3O2/c1-13-16(8-5-11-22-13)20(25)23-18-12-15(9-10-17(18)21)19(24)14-6-3-2-4-7-14/h2-12H,21H2,1H3,(H,23,25). The maximum absolute atomic E-state index is 12.6. The Hall–Kier alpha value is -3.47. The van der Waals surface area contributed by atoms with Gasteiger partial charge in [0, 0.05) is 23.0 Å². The number of nitrogen functional groups attached to an aromatic ring is 1. The highest BCUT2D eigenvalue weighted by Gasteiger charge is 2.14. The predicted octanol–water partition coefficient (Wildman–Crippen LogP) is 3.46. The number of carbonyl (C=O) groups is 2. The lowest BCUT2D eigenvalue weighted by Gasteiger charge is -2.11. The summed E-state index contributed by atoms with van der Waals surface area (Å²) in [6.45, 7) is 1.76. The molecule has 1 aromatic heterocycles. The molecule has 3 N–H and O–H groups in total. The zero-order chi connectivity index (χ0) is 17.8. The number of nitrogens with zero attached hydrogens (tertiary/aromatic N) is 1. The number of carbonyl (C=O) groups excluding carboxylic acids is 2. The zero-order valence-electron chi connectivity index (χ0n) is 13.7. The van der Waals surface area contributed by atoms with Crippen molar-refractivity contribution in [1.82, 2.24) is 4.98 Å². The molecule has 5 nitrogen and oxygen atoms in total. The Morgan fingerprint density at radius 2 is 1.72 bits per heavy atom. The minimum absolute atomic E-state index is 0.131. The molecule has 3 rings (SSSR count). The third kappa shape index (κ3) is 3.55. The van der Waals surface area contributed by atoms with Crippen molar-refractivity contribution in [2.24, 2.45) is 0 Å². The molecule has 0 saturated heterocycles. The Bertz CT molecular complexity index is 937. The van der Waals surface area contributed by atoms with Gasteiger partial charge in [0.15, 0.2) is 5.78 Å². The van der Waals surface area contributed by atoms with Gasteiger partial charge in [0.1, 0.15) is 0 Å². The highest BCUT2D eigenvalue weighted by Crippen LogP contribution is 2.23. The zero-order valence-corrected chi connectivity index (χ0v) is 13.7. The third-order valence-corrected chi connectivity index (χ3v) is 3.85. The van der Waals surface area contributed by atoms with E-state index >= 15 is 0 Å². The van der Waals surface area contributed by atoms with Crippen LogP contribution in [0.5, 0.6) is 0 Å². The second-order valence-electron chi connectivity index (χ2n) is 5.59. The molecule has 0 fully saturated rings. The van der Waals surface area contributed by atoms with Gasteiger partial charge in [0.2, 0.25) is 0 Å². The lowest BCUT2D eigenvalue weighted by Crippen LogP contribution is -2.15. The van der Waals surface area contributed by atoms with Crippen LogP contribution in [0, 0.1) is 6.92 Å². The van der Waals surface area contributed by atoms with E-state index in [9.17, 15) is 9.59 Å². The van der Waals surface area contributed by atoms with Gasteiger partial charge in [-0.2, -0.15) is 0 Å². The van der Waals surface area contributed by atoms with Crippen LogP contribution in [0.3, 0.4) is 0 Å². The number of aryl methyl sites for hydroxylation is 1. The van der Waals surface area contributed by atoms with E-state index in [1.807, 2.05) is 6.07 Å². The predicted molar refractivity (Wildman–Crippen MR) is 97.7 cm³/mol. The molecule has 5 heteroatoms. The Labute approximate surface area is 145 Å². The smallest absolute Gasteiger partial charge is 0.257 e. The summed E-state index contributed by atoms with van der Waals surface area (Å²) in [7, 11) is 0. The molecule has 3 aromatic rings. The monoisotopic (exact) mass is 331 g/mol. The van der Waals surface area contributed by atoms with E-state index in [4.69, 9.17) is 5.73 Å². The van der Waals surface area contributed by atoms with Gasteiger partial charge < -0.3 is 11.1 Å². The van der Waals surface area contributed by atoms with Gasteiger partial charge in [-0.25, -0.2) is 0 Å². The normalized spacial score (nSPS) is 10.3. The number of nitrogens with one attached hydrogen (secondary N) is 1. The largest absolute Gasteiger partial charge is 0.397 e. The van der Waals surface area contributed by atoms with Crippen molar-refractivity contribution >= 4 is 23.1 Å². The lowest BCUT2D eigenvalue weighted by atomic mass is 10.0. The van der Waals surface area contributed by atoms with Crippen LogP contribution < -0.4 is 11.1 Å². The van der Waals surface area contributed by atoms with Gasteiger partial charge in [0.05, 0.1) is 16.9 Å². The summed E-state index contributed by atoms with van der Waals surface area (Å²) in [6.07, 6.45) is 1.62. The molecule has 1 heterocycles. The van der Waals surface area contributed by atoms with Gasteiger partial charge >= 0.3 is 0 Å². The fourth-order valence-electron chi connectivity index (χ4n) is 2.48. The average molecular weight is 331 g/mol. The Kier molecular flexibility index (Phi) is 4.57. The molecule has 124 valence electrons. The number of ketones is 1. The van der Waals surface area contributed by atoms with Crippen LogP contribution in [0.1, 0.15) is 32.0 Å². The first kappa shape index (κ1) is 16.4. The second kappa shape index (κ2) is 6.97. The minimum atomic E-state index is -0.318. The van der Waals surface area contributed by atoms with E-state index in [1.54, 1.807) is 67.7 Å². The van der Waals surface area contributed by atoms with E-state index in [0.717, 1.165) is 0 Å². The minimum Gasteiger partial charge on any atom is -0.397 e. The fourth-order valence-corrected chi connectivity index (χ4v) is 2.48. The number of hydrogen-bond donors (Lipinski definition) is 2. The maximum Gasteiger partial charge on any atom is 0.257 e. The van der Waals surface area contributed by atoms with Crippen molar-refractivity contribution in [2.75, 3.05) is 11.1 Å². The maximum atomic E-state index is 12.6. The van der Waals surface area contributed by atoms with Gasteiger partial charge in [-0.3, -0.25) is 14.6 Å². The van der Waals surface area contributed by atoms with Crippen molar-refractivity contribution in [3.05, 3.63) is 89.2 Å². The molecule has 0 aliphatic heterocycles. The molecule has 0 unspecified atom stereocenters. The van der Waals surface area contributed by atoms with Crippen molar-refractivity contribution in [2.45, 2.75) is 6.92 Å². The number of amides is 1. The number of nitrogens with two attached hydrogens (primary N) is 1. The summed E-state index contributed by atoms with van der Waals surface area (Å²) < 4.78 is 0. The molecular formula is C20H17N3O2. The van der Waals surface area contributed by atoms with E-state index in [1.165, 1.54) is 0 Å². The van der Waals surface area contributed by atoms with Gasteiger partial charge in [-0.15, -0.1) is 0 Å². The van der Waals surface area contributed by atoms with E-state index in [-0.39, 0.29) is 11.7 Å². The van der Waals surface area contributed by atoms with Crippen molar-refractivity contribution in [3.8, 4) is 0 Å². The lowest BCUT2D eigenvalue weighted by molar-refractivity contribution is 0.102. The molecule has 0 bridgehead atoms. The number of aromatic nitrogens is 1. The number of pyridine rings is 1. The van der Waals surface area contributed by atoms with Crippen LogP contribution in [-0.4, -0.2) is 16.7 Å². The second-order valence-corrected chi connectivity index (χ2v) is 5.59. The van der Waals surface area contributed by atoms with Crippen molar-refractivity contribution in [3.63, 3.8) is 0 Å². The molecule has 0 atom stereocenters. The van der Waals surface area contributed by atoms with Gasteiger partial charge in [0.25, 0.3) is 5.91 Å². The van der Waals surface area contributed by atoms with Crippen LogP contribution >= 0.6 is 0 Å². The van der Waals surface area contributed by atoms with Crippen LogP contribution in [0.15, 0.2) is 66.9 Å². The van der Waals surface area contributed by atoms with Crippen LogP contribution in [-0.2, 0) is 0 Å². The molecule has 0 saturated carbocycles. The highest BCUT2D eigenvalue weighted by molar-refractivity contribution is 6.11. The first-order valence-corrected chi connectivity index (χ1v) is 7.78. The van der Waals surface area contributed by atoms with Crippen LogP contribution in [0.4, 0.5) is 11.4 Å². The third-order valence-electron chi connectivity index (χ3n) is 3.85. The summed E-state index contributed by atoms with van der Waals surface area (Å²) in [5, 5.41) is 2.76. The van der Waals surface area contributed by atoms with Gasteiger partial charge in [-0.1, -0.05) is 30.3 Å². The molecule has 0 aliphatic rings. The Morgan fingerprint density at radius 1 is 0.960 bits per heavy atom. The first-order valence-electron chi connectivity index (χ1n) is 7.78. The molecule has 0 radical (unpaired) electrons. The molecule has 25 heavy (non-hydrogen) atoms. The number of hydrogen-bond acceptors (Lipinski definition) is 4. The molecule has 0 spiro atoms. The average Bonchev–Trinajstić information content (AvgIpc) is 2.64. The van der Waals surface area contributed by atoms with Crippen molar-refractivity contribution in [1.29, 1.82) is 0 Å². The topological polar surface area (TPSA) is 85.1 Å². The van der Waals surface area contributed by atoms with Crippen molar-refractivity contribution < 1.29 is 9.59 Å². The van der Waals surface area contributed by atoms with Gasteiger partial charge in [-0.05, 0) is 37.3 Å². The first-order chi connectivity index (χ1) is 12.1.